The van der Waals surface area contributed by atoms with Crippen LogP contribution in [0.4, 0.5) is 0 Å². The fourth-order valence-electron chi connectivity index (χ4n) is 3.78. The van der Waals surface area contributed by atoms with Crippen molar-refractivity contribution in [3.05, 3.63) is 18.0 Å². The molecule has 20 heavy (non-hydrogen) atoms. The summed E-state index contributed by atoms with van der Waals surface area (Å²) < 4.78 is 1.77. The number of hydrogen-bond donors (Lipinski definition) is 2. The van der Waals surface area contributed by atoms with Crippen molar-refractivity contribution in [3.63, 3.8) is 0 Å². The van der Waals surface area contributed by atoms with Crippen LogP contribution in [0.1, 0.15) is 44.2 Å². The Morgan fingerprint density at radius 2 is 2.45 bits per heavy atom. The Morgan fingerprint density at radius 3 is 3.20 bits per heavy atom. The summed E-state index contributed by atoms with van der Waals surface area (Å²) in [6.45, 7) is 3.86. The van der Waals surface area contributed by atoms with E-state index in [1.54, 1.807) is 4.68 Å². The highest BCUT2D eigenvalue weighted by atomic mass is 16.2. The van der Waals surface area contributed by atoms with Gasteiger partial charge >= 0.3 is 0 Å². The zero-order valence-electron chi connectivity index (χ0n) is 12.4. The van der Waals surface area contributed by atoms with Crippen molar-refractivity contribution in [1.82, 2.24) is 20.4 Å². The monoisotopic (exact) mass is 276 g/mol. The van der Waals surface area contributed by atoms with E-state index < -0.39 is 0 Å². The molecule has 3 rings (SSSR count). The molecule has 1 aliphatic carbocycles. The van der Waals surface area contributed by atoms with Crippen LogP contribution < -0.4 is 10.6 Å². The van der Waals surface area contributed by atoms with Gasteiger partial charge in [-0.3, -0.25) is 9.48 Å². The van der Waals surface area contributed by atoms with Crippen LogP contribution in [0.5, 0.6) is 0 Å². The molecule has 2 heterocycles. The molecule has 1 unspecified atom stereocenters. The minimum atomic E-state index is -0.172. The number of hydrogen-bond acceptors (Lipinski definition) is 3. The lowest BCUT2D eigenvalue weighted by Gasteiger charge is -2.37. The van der Waals surface area contributed by atoms with Gasteiger partial charge < -0.3 is 10.6 Å². The molecular weight excluding hydrogens is 252 g/mol. The largest absolute Gasteiger partial charge is 0.349 e. The van der Waals surface area contributed by atoms with Crippen LogP contribution in [0, 0.1) is 11.3 Å². The second kappa shape index (κ2) is 5.20. The number of fused-ring (bicyclic) bond motifs is 1. The van der Waals surface area contributed by atoms with Crippen LogP contribution in [-0.4, -0.2) is 28.8 Å². The van der Waals surface area contributed by atoms with E-state index in [0.717, 1.165) is 25.1 Å². The van der Waals surface area contributed by atoms with Gasteiger partial charge in [-0.05, 0) is 32.2 Å². The number of aryl methyl sites for hydroxylation is 1. The summed E-state index contributed by atoms with van der Waals surface area (Å²) in [4.78, 5) is 12.8. The average Bonchev–Trinajstić information content (AvgIpc) is 3.05. The predicted octanol–water partition coefficient (Wildman–Crippen LogP) is 1.38. The van der Waals surface area contributed by atoms with Gasteiger partial charge in [-0.15, -0.1) is 0 Å². The second-order valence-electron chi connectivity index (χ2n) is 6.37. The van der Waals surface area contributed by atoms with Crippen LogP contribution in [0.25, 0.3) is 0 Å². The summed E-state index contributed by atoms with van der Waals surface area (Å²) in [5.74, 6) is 0.737. The molecule has 0 bridgehead atoms. The van der Waals surface area contributed by atoms with E-state index in [9.17, 15) is 4.79 Å². The lowest BCUT2D eigenvalue weighted by Crippen LogP contribution is -2.48. The first-order chi connectivity index (χ1) is 9.62. The van der Waals surface area contributed by atoms with E-state index >= 15 is 0 Å². The Hall–Kier alpha value is -1.36. The molecule has 5 heteroatoms. The van der Waals surface area contributed by atoms with Gasteiger partial charge in [-0.1, -0.05) is 12.8 Å². The molecule has 1 aromatic heterocycles. The van der Waals surface area contributed by atoms with Crippen LogP contribution in [0.15, 0.2) is 12.4 Å². The Kier molecular flexibility index (Phi) is 3.54. The molecule has 1 saturated carbocycles. The number of rotatable bonds is 3. The van der Waals surface area contributed by atoms with Crippen LogP contribution in [0.2, 0.25) is 0 Å². The summed E-state index contributed by atoms with van der Waals surface area (Å²) in [6, 6.07) is 0.0220. The van der Waals surface area contributed by atoms with E-state index in [0.29, 0.717) is 5.92 Å². The molecule has 1 amide bonds. The maximum Gasteiger partial charge on any atom is 0.228 e. The number of aromatic nitrogens is 2. The van der Waals surface area contributed by atoms with Gasteiger partial charge in [0.1, 0.15) is 0 Å². The predicted molar refractivity (Wildman–Crippen MR) is 77.0 cm³/mol. The van der Waals surface area contributed by atoms with Gasteiger partial charge in [-0.2, -0.15) is 5.10 Å². The molecule has 0 radical (unpaired) electrons. The fraction of sp³-hybridized carbons (Fsp3) is 0.733. The molecule has 2 aliphatic rings. The van der Waals surface area contributed by atoms with Crippen molar-refractivity contribution in [2.24, 2.45) is 18.4 Å². The minimum absolute atomic E-state index is 0.0220. The zero-order valence-corrected chi connectivity index (χ0v) is 12.4. The third-order valence-corrected chi connectivity index (χ3v) is 5.06. The maximum atomic E-state index is 12.8. The maximum absolute atomic E-state index is 12.8. The summed E-state index contributed by atoms with van der Waals surface area (Å²) in [5.41, 5.74) is 0.893. The molecule has 0 spiro atoms. The van der Waals surface area contributed by atoms with Crippen LogP contribution in [0.3, 0.4) is 0 Å². The topological polar surface area (TPSA) is 59.0 Å². The van der Waals surface area contributed by atoms with Gasteiger partial charge in [0, 0.05) is 25.4 Å². The van der Waals surface area contributed by atoms with Crippen molar-refractivity contribution in [2.75, 3.05) is 13.1 Å². The highest BCUT2D eigenvalue weighted by Crippen LogP contribution is 2.44. The summed E-state index contributed by atoms with van der Waals surface area (Å²) >= 11 is 0. The number of nitrogens with one attached hydrogen (secondary N) is 2. The first kappa shape index (κ1) is 13.6. The highest BCUT2D eigenvalue weighted by Gasteiger charge is 2.49. The van der Waals surface area contributed by atoms with Crippen LogP contribution in [-0.2, 0) is 11.8 Å². The normalized spacial score (nSPS) is 30.8. The van der Waals surface area contributed by atoms with E-state index in [4.69, 9.17) is 0 Å². The Morgan fingerprint density at radius 1 is 1.60 bits per heavy atom. The van der Waals surface area contributed by atoms with E-state index in [2.05, 4.69) is 15.7 Å². The molecule has 3 atom stereocenters. The third-order valence-electron chi connectivity index (χ3n) is 5.06. The summed E-state index contributed by atoms with van der Waals surface area (Å²) in [5, 5.41) is 10.8. The fourth-order valence-corrected chi connectivity index (χ4v) is 3.78. The standard InChI is InChI=1S/C15H24N4O/c1-11(12-7-17-19(2)9-12)18-14(20)15-6-4-3-5-13(15)8-16-10-15/h7,9,11,13,16H,3-6,8,10H2,1-2H3,(H,18,20)/t11?,13-,15+/m0/s1. The van der Waals surface area contributed by atoms with Crippen molar-refractivity contribution in [2.45, 2.75) is 38.6 Å². The first-order valence-electron chi connectivity index (χ1n) is 7.62. The molecule has 0 aromatic carbocycles. The lowest BCUT2D eigenvalue weighted by molar-refractivity contribution is -0.134. The average molecular weight is 276 g/mol. The van der Waals surface area contributed by atoms with Crippen molar-refractivity contribution >= 4 is 5.91 Å². The Bertz CT molecular complexity index is 498. The highest BCUT2D eigenvalue weighted by molar-refractivity contribution is 5.84. The van der Waals surface area contributed by atoms with E-state index in [1.807, 2.05) is 26.4 Å². The minimum Gasteiger partial charge on any atom is -0.349 e. The number of carbonyl (C=O) groups excluding carboxylic acids is 1. The van der Waals surface area contributed by atoms with Gasteiger partial charge in [0.15, 0.2) is 0 Å². The first-order valence-corrected chi connectivity index (χ1v) is 7.62. The second-order valence-corrected chi connectivity index (χ2v) is 6.37. The van der Waals surface area contributed by atoms with Gasteiger partial charge in [0.25, 0.3) is 0 Å². The number of amides is 1. The van der Waals surface area contributed by atoms with Crippen LogP contribution >= 0.6 is 0 Å². The lowest BCUT2D eigenvalue weighted by atomic mass is 9.67. The molecule has 2 N–H and O–H groups in total. The number of nitrogens with zero attached hydrogens (tertiary/aromatic N) is 2. The Balaban J connectivity index is 1.72. The smallest absolute Gasteiger partial charge is 0.228 e. The Labute approximate surface area is 120 Å². The molecule has 110 valence electrons. The zero-order chi connectivity index (χ0) is 14.2. The third kappa shape index (κ3) is 2.24. The van der Waals surface area contributed by atoms with Gasteiger partial charge in [0.05, 0.1) is 17.7 Å². The summed E-state index contributed by atoms with van der Waals surface area (Å²) in [7, 11) is 1.90. The van der Waals surface area contributed by atoms with E-state index in [1.165, 1.54) is 19.3 Å². The van der Waals surface area contributed by atoms with Crippen molar-refractivity contribution < 1.29 is 4.79 Å². The molecular formula is C15H24N4O. The molecule has 5 nitrogen and oxygen atoms in total. The molecule has 2 fully saturated rings. The van der Waals surface area contributed by atoms with Gasteiger partial charge in [-0.25, -0.2) is 0 Å². The molecule has 1 aromatic rings. The molecule has 1 saturated heterocycles. The number of carbonyl (C=O) groups is 1. The van der Waals surface area contributed by atoms with Crippen molar-refractivity contribution in [3.8, 4) is 0 Å². The summed E-state index contributed by atoms with van der Waals surface area (Å²) in [6.07, 6.45) is 8.44. The molecule has 1 aliphatic heterocycles. The van der Waals surface area contributed by atoms with E-state index in [-0.39, 0.29) is 17.4 Å². The van der Waals surface area contributed by atoms with Crippen molar-refractivity contribution in [1.29, 1.82) is 0 Å². The van der Waals surface area contributed by atoms with Gasteiger partial charge in [0.2, 0.25) is 5.91 Å². The SMILES string of the molecule is CC(NC(=O)[C@@]12CCCC[C@H]1CNC2)c1cnn(C)c1. The quantitative estimate of drug-likeness (QED) is 0.877.